The van der Waals surface area contributed by atoms with E-state index in [0.717, 1.165) is 42.5 Å². The Hall–Kier alpha value is -1.69. The molecule has 0 spiro atoms. The minimum absolute atomic E-state index is 0.00781. The lowest BCUT2D eigenvalue weighted by Gasteiger charge is -2.30. The molecule has 136 valence electrons. The van der Waals surface area contributed by atoms with Crippen LogP contribution in [-0.4, -0.2) is 30.1 Å². The number of amides is 1. The number of likely N-dealkylation sites (tertiary alicyclic amines) is 1. The van der Waals surface area contributed by atoms with E-state index in [-0.39, 0.29) is 11.8 Å². The van der Waals surface area contributed by atoms with Crippen molar-refractivity contribution in [3.05, 3.63) is 69.2 Å². The molecule has 4 nitrogen and oxygen atoms in total. The molecule has 2 aromatic carbocycles. The van der Waals surface area contributed by atoms with Gasteiger partial charge in [-0.1, -0.05) is 51.8 Å². The minimum Gasteiger partial charge on any atom is -0.299 e. The summed E-state index contributed by atoms with van der Waals surface area (Å²) in [6, 6.07) is 15.7. The molecule has 0 atom stereocenters. The highest BCUT2D eigenvalue weighted by Crippen LogP contribution is 2.20. The molecule has 6 heteroatoms. The molecule has 1 aliphatic heterocycles. The van der Waals surface area contributed by atoms with Crippen LogP contribution < -0.4 is 5.43 Å². The Balaban J connectivity index is 1.43. The Kier molecular flexibility index (Phi) is 6.83. The zero-order valence-corrected chi connectivity index (χ0v) is 16.7. The highest BCUT2D eigenvalue weighted by Gasteiger charge is 2.24. The molecule has 0 aromatic heterocycles. The lowest BCUT2D eigenvalue weighted by Crippen LogP contribution is -2.39. The summed E-state index contributed by atoms with van der Waals surface area (Å²) in [6.07, 6.45) is 3.33. The van der Waals surface area contributed by atoms with Gasteiger partial charge in [-0.05, 0) is 61.3 Å². The van der Waals surface area contributed by atoms with Gasteiger partial charge in [0.15, 0.2) is 0 Å². The molecule has 26 heavy (non-hydrogen) atoms. The van der Waals surface area contributed by atoms with E-state index in [1.54, 1.807) is 18.3 Å². The predicted octanol–water partition coefficient (Wildman–Crippen LogP) is 4.46. The topological polar surface area (TPSA) is 44.7 Å². The van der Waals surface area contributed by atoms with E-state index in [9.17, 15) is 4.79 Å². The highest BCUT2D eigenvalue weighted by atomic mass is 79.9. The summed E-state index contributed by atoms with van der Waals surface area (Å²) in [4.78, 5) is 14.7. The van der Waals surface area contributed by atoms with E-state index < -0.39 is 0 Å². The third-order valence-electron chi connectivity index (χ3n) is 4.51. The van der Waals surface area contributed by atoms with Crippen LogP contribution in [0.25, 0.3) is 0 Å². The van der Waals surface area contributed by atoms with E-state index in [1.807, 2.05) is 12.1 Å². The lowest BCUT2D eigenvalue weighted by atomic mass is 9.96. The Labute approximate surface area is 167 Å². The van der Waals surface area contributed by atoms with Crippen LogP contribution >= 0.6 is 27.5 Å². The number of nitrogens with zero attached hydrogens (tertiary/aromatic N) is 2. The number of piperidine rings is 1. The molecule has 1 aliphatic rings. The van der Waals surface area contributed by atoms with Crippen molar-refractivity contribution < 1.29 is 4.79 Å². The molecule has 0 aliphatic carbocycles. The number of rotatable bonds is 5. The standard InChI is InChI=1S/C20H21BrClN3O/c21-18-6-4-15(5-7-18)14-25-10-8-17(9-11-25)20(26)24-23-13-16-2-1-3-19(22)12-16/h1-7,12-13,17H,8-11,14H2,(H,24,26)/b23-13-. The van der Waals surface area contributed by atoms with Crippen LogP contribution in [0.4, 0.5) is 0 Å². The zero-order valence-electron chi connectivity index (χ0n) is 14.4. The van der Waals surface area contributed by atoms with Crippen molar-refractivity contribution in [3.8, 4) is 0 Å². The number of hydrogen-bond donors (Lipinski definition) is 1. The largest absolute Gasteiger partial charge is 0.299 e. The minimum atomic E-state index is -0.00781. The predicted molar refractivity (Wildman–Crippen MR) is 109 cm³/mol. The summed E-state index contributed by atoms with van der Waals surface area (Å²) in [5.74, 6) is 0.0132. The van der Waals surface area contributed by atoms with Gasteiger partial charge in [0.1, 0.15) is 0 Å². The molecule has 2 aromatic rings. The molecule has 1 N–H and O–H groups in total. The number of hydrogen-bond acceptors (Lipinski definition) is 3. The average molecular weight is 435 g/mol. The smallest absolute Gasteiger partial charge is 0.243 e. The molecule has 1 fully saturated rings. The molecule has 0 bridgehead atoms. The number of halogens is 2. The number of benzene rings is 2. The van der Waals surface area contributed by atoms with Gasteiger partial charge in [0.2, 0.25) is 5.91 Å². The Morgan fingerprint density at radius 1 is 1.23 bits per heavy atom. The maximum absolute atomic E-state index is 12.3. The third kappa shape index (κ3) is 5.66. The maximum Gasteiger partial charge on any atom is 0.243 e. The Morgan fingerprint density at radius 2 is 1.96 bits per heavy atom. The lowest BCUT2D eigenvalue weighted by molar-refractivity contribution is -0.126. The summed E-state index contributed by atoms with van der Waals surface area (Å²) < 4.78 is 1.09. The summed E-state index contributed by atoms with van der Waals surface area (Å²) in [7, 11) is 0. The molecule has 1 amide bonds. The summed E-state index contributed by atoms with van der Waals surface area (Å²) in [6.45, 7) is 2.77. The summed E-state index contributed by atoms with van der Waals surface area (Å²) >= 11 is 9.39. The van der Waals surface area contributed by atoms with Gasteiger partial charge in [0.25, 0.3) is 0 Å². The number of hydrazone groups is 1. The van der Waals surface area contributed by atoms with Crippen molar-refractivity contribution in [2.45, 2.75) is 19.4 Å². The van der Waals surface area contributed by atoms with Crippen LogP contribution in [0.15, 0.2) is 58.1 Å². The van der Waals surface area contributed by atoms with Crippen molar-refractivity contribution in [3.63, 3.8) is 0 Å². The molecule has 3 rings (SSSR count). The third-order valence-corrected chi connectivity index (χ3v) is 5.28. The zero-order chi connectivity index (χ0) is 18.4. The van der Waals surface area contributed by atoms with Gasteiger partial charge in [-0.3, -0.25) is 9.69 Å². The maximum atomic E-state index is 12.3. The summed E-state index contributed by atoms with van der Waals surface area (Å²) in [5.41, 5.74) is 4.81. The van der Waals surface area contributed by atoms with Crippen molar-refractivity contribution in [1.82, 2.24) is 10.3 Å². The van der Waals surface area contributed by atoms with Crippen LogP contribution in [-0.2, 0) is 11.3 Å². The quantitative estimate of drug-likeness (QED) is 0.557. The summed E-state index contributed by atoms with van der Waals surface area (Å²) in [5, 5.41) is 4.70. The van der Waals surface area contributed by atoms with Crippen molar-refractivity contribution in [1.29, 1.82) is 0 Å². The second kappa shape index (κ2) is 9.31. The fourth-order valence-electron chi connectivity index (χ4n) is 3.05. The molecule has 0 unspecified atom stereocenters. The van der Waals surface area contributed by atoms with E-state index in [2.05, 4.69) is 55.6 Å². The van der Waals surface area contributed by atoms with Crippen LogP contribution in [0.5, 0.6) is 0 Å². The van der Waals surface area contributed by atoms with Gasteiger partial charge in [-0.2, -0.15) is 5.10 Å². The van der Waals surface area contributed by atoms with Gasteiger partial charge >= 0.3 is 0 Å². The molecule has 1 heterocycles. The molecule has 1 saturated heterocycles. The second-order valence-electron chi connectivity index (χ2n) is 6.47. The SMILES string of the molecule is O=C(N/N=C\c1cccc(Cl)c1)C1CCN(Cc2ccc(Br)cc2)CC1. The first kappa shape index (κ1) is 19.1. The van der Waals surface area contributed by atoms with Crippen LogP contribution in [0.1, 0.15) is 24.0 Å². The van der Waals surface area contributed by atoms with Gasteiger partial charge in [0.05, 0.1) is 6.21 Å². The molecular formula is C20H21BrClN3O. The van der Waals surface area contributed by atoms with Crippen LogP contribution in [0, 0.1) is 5.92 Å². The monoisotopic (exact) mass is 433 g/mol. The fraction of sp³-hybridized carbons (Fsp3) is 0.300. The van der Waals surface area contributed by atoms with E-state index in [4.69, 9.17) is 11.6 Å². The first-order valence-corrected chi connectivity index (χ1v) is 9.82. The molecule has 0 saturated carbocycles. The van der Waals surface area contributed by atoms with E-state index >= 15 is 0 Å². The Morgan fingerprint density at radius 3 is 2.65 bits per heavy atom. The first-order valence-electron chi connectivity index (χ1n) is 8.65. The normalized spacial score (nSPS) is 16.1. The fourth-order valence-corrected chi connectivity index (χ4v) is 3.51. The van der Waals surface area contributed by atoms with Crippen molar-refractivity contribution in [2.24, 2.45) is 11.0 Å². The number of carbonyl (C=O) groups is 1. The van der Waals surface area contributed by atoms with Crippen LogP contribution in [0.3, 0.4) is 0 Å². The first-order chi connectivity index (χ1) is 12.6. The highest BCUT2D eigenvalue weighted by molar-refractivity contribution is 9.10. The van der Waals surface area contributed by atoms with Crippen molar-refractivity contribution >= 4 is 39.7 Å². The number of nitrogens with one attached hydrogen (secondary N) is 1. The molecular weight excluding hydrogens is 414 g/mol. The van der Waals surface area contributed by atoms with Gasteiger partial charge < -0.3 is 0 Å². The van der Waals surface area contributed by atoms with E-state index in [0.29, 0.717) is 5.02 Å². The van der Waals surface area contributed by atoms with Crippen LogP contribution in [0.2, 0.25) is 5.02 Å². The van der Waals surface area contributed by atoms with E-state index in [1.165, 1.54) is 5.56 Å². The second-order valence-corrected chi connectivity index (χ2v) is 7.82. The van der Waals surface area contributed by atoms with Crippen molar-refractivity contribution in [2.75, 3.05) is 13.1 Å². The number of carbonyl (C=O) groups excluding carboxylic acids is 1. The van der Waals surface area contributed by atoms with Gasteiger partial charge in [0, 0.05) is 22.0 Å². The average Bonchev–Trinajstić information content (AvgIpc) is 2.64. The molecule has 0 radical (unpaired) electrons. The van der Waals surface area contributed by atoms with Gasteiger partial charge in [-0.25, -0.2) is 5.43 Å². The Bertz CT molecular complexity index is 771. The van der Waals surface area contributed by atoms with Gasteiger partial charge in [-0.15, -0.1) is 0 Å².